The normalized spacial score (nSPS) is 16.9. The molecule has 0 spiro atoms. The molecule has 2 heterocycles. The van der Waals surface area contributed by atoms with Crippen molar-refractivity contribution >= 4 is 12.0 Å². The van der Waals surface area contributed by atoms with Gasteiger partial charge in [-0.3, -0.25) is 0 Å². The molecule has 1 aliphatic rings. The Kier molecular flexibility index (Phi) is 4.79. The number of esters is 1. The number of hydrogen-bond donors (Lipinski definition) is 1. The highest BCUT2D eigenvalue weighted by Gasteiger charge is 2.29. The summed E-state index contributed by atoms with van der Waals surface area (Å²) < 4.78 is 7.51. The number of likely N-dealkylation sites (tertiary alicyclic amines) is 1. The van der Waals surface area contributed by atoms with Crippen molar-refractivity contribution in [2.45, 2.75) is 32.7 Å². The number of hydrogen-bond acceptors (Lipinski definition) is 3. The van der Waals surface area contributed by atoms with Crippen LogP contribution in [0.4, 0.5) is 4.79 Å². The molecule has 1 fully saturated rings. The van der Waals surface area contributed by atoms with E-state index in [1.165, 1.54) is 0 Å². The van der Waals surface area contributed by atoms with Gasteiger partial charge in [-0.15, -0.1) is 0 Å². The summed E-state index contributed by atoms with van der Waals surface area (Å²) in [4.78, 5) is 25.5. The number of urea groups is 1. The largest absolute Gasteiger partial charge is 0.460 e. The van der Waals surface area contributed by atoms with Crippen molar-refractivity contribution in [3.63, 3.8) is 0 Å². The molecule has 3 rings (SSSR count). The number of ether oxygens (including phenoxy) is 1. The minimum absolute atomic E-state index is 0.126. The number of primary amides is 1. The van der Waals surface area contributed by atoms with E-state index in [0.717, 1.165) is 29.9 Å². The number of nitrogens with two attached hydrogens (primary N) is 1. The zero-order valence-corrected chi connectivity index (χ0v) is 14.6. The zero-order chi connectivity index (χ0) is 18.0. The predicted molar refractivity (Wildman–Crippen MR) is 94.8 cm³/mol. The molecule has 1 aliphatic heterocycles. The summed E-state index contributed by atoms with van der Waals surface area (Å²) in [6, 6.07) is 11.1. The molecule has 0 radical (unpaired) electrons. The van der Waals surface area contributed by atoms with Crippen molar-refractivity contribution in [3.05, 3.63) is 53.3 Å². The van der Waals surface area contributed by atoms with E-state index in [4.69, 9.17) is 10.5 Å². The van der Waals surface area contributed by atoms with E-state index in [9.17, 15) is 9.59 Å². The first-order valence-corrected chi connectivity index (χ1v) is 8.46. The zero-order valence-electron chi connectivity index (χ0n) is 14.6. The molecule has 1 atom stereocenters. The molecular weight excluding hydrogens is 318 g/mol. The quantitative estimate of drug-likeness (QED) is 0.869. The van der Waals surface area contributed by atoms with E-state index in [-0.39, 0.29) is 18.6 Å². The number of amides is 2. The first kappa shape index (κ1) is 17.1. The third-order valence-electron chi connectivity index (χ3n) is 4.73. The first-order chi connectivity index (χ1) is 12.0. The van der Waals surface area contributed by atoms with Crippen molar-refractivity contribution < 1.29 is 14.3 Å². The SMILES string of the molecule is Cc1cc(C(=O)OC[C@@H]2CCCN2C(N)=O)c(C)n1-c1ccccc1. The van der Waals surface area contributed by atoms with E-state index in [1.807, 2.05) is 54.8 Å². The van der Waals surface area contributed by atoms with E-state index < -0.39 is 6.03 Å². The van der Waals surface area contributed by atoms with Gasteiger partial charge in [-0.05, 0) is 44.9 Å². The second-order valence-electron chi connectivity index (χ2n) is 6.38. The Labute approximate surface area is 147 Å². The number of aromatic nitrogens is 1. The summed E-state index contributed by atoms with van der Waals surface area (Å²) in [5, 5.41) is 0. The second-order valence-corrected chi connectivity index (χ2v) is 6.38. The van der Waals surface area contributed by atoms with Crippen LogP contribution in [0.1, 0.15) is 34.6 Å². The van der Waals surface area contributed by atoms with Crippen LogP contribution in [0.15, 0.2) is 36.4 Å². The smallest absolute Gasteiger partial charge is 0.340 e. The fraction of sp³-hybridized carbons (Fsp3) is 0.368. The summed E-state index contributed by atoms with van der Waals surface area (Å²) in [6.45, 7) is 4.67. The minimum Gasteiger partial charge on any atom is -0.460 e. The Bertz CT molecular complexity index is 783. The highest BCUT2D eigenvalue weighted by Crippen LogP contribution is 2.22. The molecule has 6 heteroatoms. The van der Waals surface area contributed by atoms with Crippen molar-refractivity contribution in [1.29, 1.82) is 0 Å². The lowest BCUT2D eigenvalue weighted by Gasteiger charge is -2.22. The highest BCUT2D eigenvalue weighted by atomic mass is 16.5. The number of benzene rings is 1. The standard InChI is InChI=1S/C19H23N3O3/c1-13-11-17(14(2)22(13)15-7-4-3-5-8-15)18(23)25-12-16-9-6-10-21(16)19(20)24/h3-5,7-8,11,16H,6,9-10,12H2,1-2H3,(H2,20,24)/t16-/m0/s1. The molecule has 2 N–H and O–H groups in total. The molecule has 1 aromatic carbocycles. The number of carbonyl (C=O) groups excluding carboxylic acids is 2. The van der Waals surface area contributed by atoms with Crippen LogP contribution in [-0.2, 0) is 4.74 Å². The second kappa shape index (κ2) is 7.01. The third kappa shape index (κ3) is 3.38. The van der Waals surface area contributed by atoms with Crippen molar-refractivity contribution in [2.75, 3.05) is 13.2 Å². The van der Waals surface area contributed by atoms with Crippen molar-refractivity contribution in [2.24, 2.45) is 5.73 Å². The van der Waals surface area contributed by atoms with Gasteiger partial charge in [0, 0.05) is 23.6 Å². The fourth-order valence-electron chi connectivity index (χ4n) is 3.49. The van der Waals surface area contributed by atoms with Gasteiger partial charge in [-0.1, -0.05) is 18.2 Å². The van der Waals surface area contributed by atoms with E-state index in [1.54, 1.807) is 4.90 Å². The lowest BCUT2D eigenvalue weighted by atomic mass is 10.2. The maximum atomic E-state index is 12.5. The summed E-state index contributed by atoms with van der Waals surface area (Å²) in [5.74, 6) is -0.369. The first-order valence-electron chi connectivity index (χ1n) is 8.46. The van der Waals surface area contributed by atoms with Crippen LogP contribution in [0.25, 0.3) is 5.69 Å². The van der Waals surface area contributed by atoms with Crippen molar-refractivity contribution in [3.8, 4) is 5.69 Å². The maximum absolute atomic E-state index is 12.5. The number of para-hydroxylation sites is 1. The Hall–Kier alpha value is -2.76. The van der Waals surface area contributed by atoms with E-state index >= 15 is 0 Å². The lowest BCUT2D eigenvalue weighted by Crippen LogP contribution is -2.42. The van der Waals surface area contributed by atoms with Gasteiger partial charge in [-0.25, -0.2) is 9.59 Å². The van der Waals surface area contributed by atoms with Crippen LogP contribution in [0.5, 0.6) is 0 Å². The Morgan fingerprint density at radius 2 is 1.96 bits per heavy atom. The van der Waals surface area contributed by atoms with Crippen LogP contribution < -0.4 is 5.73 Å². The molecule has 0 bridgehead atoms. The van der Waals surface area contributed by atoms with Gasteiger partial charge in [0.2, 0.25) is 0 Å². The van der Waals surface area contributed by atoms with Gasteiger partial charge >= 0.3 is 12.0 Å². The van der Waals surface area contributed by atoms with Crippen LogP contribution in [0.2, 0.25) is 0 Å². The summed E-state index contributed by atoms with van der Waals surface area (Å²) in [6.07, 6.45) is 1.69. The van der Waals surface area contributed by atoms with Gasteiger partial charge in [0.1, 0.15) is 6.61 Å². The Balaban J connectivity index is 1.74. The molecule has 1 aromatic heterocycles. The Morgan fingerprint density at radius 1 is 1.24 bits per heavy atom. The number of aryl methyl sites for hydroxylation is 1. The maximum Gasteiger partial charge on any atom is 0.340 e. The molecular formula is C19H23N3O3. The van der Waals surface area contributed by atoms with Gasteiger partial charge in [0.25, 0.3) is 0 Å². The topological polar surface area (TPSA) is 77.6 Å². The number of nitrogens with zero attached hydrogens (tertiary/aromatic N) is 2. The number of rotatable bonds is 4. The van der Waals surface area contributed by atoms with Gasteiger partial charge in [-0.2, -0.15) is 0 Å². The molecule has 2 amide bonds. The molecule has 6 nitrogen and oxygen atoms in total. The minimum atomic E-state index is -0.458. The molecule has 0 saturated carbocycles. The molecule has 0 unspecified atom stereocenters. The average molecular weight is 341 g/mol. The number of carbonyl (C=O) groups is 2. The van der Waals surface area contributed by atoms with Crippen molar-refractivity contribution in [1.82, 2.24) is 9.47 Å². The summed E-state index contributed by atoms with van der Waals surface area (Å²) >= 11 is 0. The van der Waals surface area contributed by atoms with Crippen LogP contribution in [-0.4, -0.2) is 40.7 Å². The van der Waals surface area contributed by atoms with Crippen LogP contribution >= 0.6 is 0 Å². The molecule has 0 aliphatic carbocycles. The molecule has 25 heavy (non-hydrogen) atoms. The van der Waals surface area contributed by atoms with Gasteiger partial charge < -0.3 is 19.9 Å². The summed E-state index contributed by atoms with van der Waals surface area (Å²) in [7, 11) is 0. The molecule has 2 aromatic rings. The van der Waals surface area contributed by atoms with Gasteiger partial charge in [0.05, 0.1) is 11.6 Å². The van der Waals surface area contributed by atoms with E-state index in [2.05, 4.69) is 0 Å². The monoisotopic (exact) mass is 341 g/mol. The van der Waals surface area contributed by atoms with Crippen LogP contribution in [0.3, 0.4) is 0 Å². The summed E-state index contributed by atoms with van der Waals surface area (Å²) in [5.41, 5.74) is 8.72. The highest BCUT2D eigenvalue weighted by molar-refractivity contribution is 5.91. The predicted octanol–water partition coefficient (Wildman–Crippen LogP) is 2.79. The Morgan fingerprint density at radius 3 is 2.64 bits per heavy atom. The van der Waals surface area contributed by atoms with Crippen LogP contribution in [0, 0.1) is 13.8 Å². The van der Waals surface area contributed by atoms with E-state index in [0.29, 0.717) is 12.1 Å². The lowest BCUT2D eigenvalue weighted by molar-refractivity contribution is 0.0421. The average Bonchev–Trinajstić information content (AvgIpc) is 3.18. The van der Waals surface area contributed by atoms with Gasteiger partial charge in [0.15, 0.2) is 0 Å². The fourth-order valence-corrected chi connectivity index (χ4v) is 3.49. The third-order valence-corrected chi connectivity index (χ3v) is 4.73. The molecule has 1 saturated heterocycles. The molecule has 132 valence electrons.